The van der Waals surface area contributed by atoms with Crippen molar-refractivity contribution in [2.75, 3.05) is 16.9 Å². The Balaban J connectivity index is 0.000000771. The van der Waals surface area contributed by atoms with Crippen LogP contribution in [0.4, 0.5) is 23.7 Å². The molecule has 7 N–H and O–H groups in total. The molecule has 0 aromatic heterocycles. The normalized spacial score (nSPS) is 16.3. The SMILES string of the molecule is C[C@H](N)C(=O)NCSCCc1ccc(NC(=O)NCc2ccc3c(c2)CN(C2CCC(=O)NC2=O)C3=O)cc1Cl.O=C(O)C(F)(F)F. The van der Waals surface area contributed by atoms with Crippen LogP contribution in [0.25, 0.3) is 0 Å². The molecule has 13 nitrogen and oxygen atoms in total. The van der Waals surface area contributed by atoms with Gasteiger partial charge >= 0.3 is 18.2 Å². The molecule has 2 aliphatic rings. The maximum atomic E-state index is 12.8. The van der Waals surface area contributed by atoms with E-state index in [4.69, 9.17) is 27.2 Å². The summed E-state index contributed by atoms with van der Waals surface area (Å²) in [5.74, 6) is -2.75. The Morgan fingerprint density at radius 3 is 2.47 bits per heavy atom. The van der Waals surface area contributed by atoms with Gasteiger partial charge in [-0.15, -0.1) is 11.8 Å². The Hall–Kier alpha value is -4.35. The highest BCUT2D eigenvalue weighted by molar-refractivity contribution is 7.99. The van der Waals surface area contributed by atoms with Gasteiger partial charge in [-0.3, -0.25) is 24.5 Å². The molecule has 1 unspecified atom stereocenters. The van der Waals surface area contributed by atoms with Gasteiger partial charge in [-0.05, 0) is 60.4 Å². The molecule has 254 valence electrons. The predicted molar refractivity (Wildman–Crippen MR) is 166 cm³/mol. The predicted octanol–water partition coefficient (Wildman–Crippen LogP) is 2.75. The van der Waals surface area contributed by atoms with Crippen LogP contribution in [0.2, 0.25) is 5.02 Å². The van der Waals surface area contributed by atoms with Crippen LogP contribution in [0.3, 0.4) is 0 Å². The minimum absolute atomic E-state index is 0.193. The highest BCUT2D eigenvalue weighted by Gasteiger charge is 2.39. The molecule has 2 heterocycles. The Morgan fingerprint density at radius 1 is 1.15 bits per heavy atom. The highest BCUT2D eigenvalue weighted by Crippen LogP contribution is 2.28. The molecule has 47 heavy (non-hydrogen) atoms. The number of hydrogen-bond acceptors (Lipinski definition) is 8. The maximum absolute atomic E-state index is 12.8. The van der Waals surface area contributed by atoms with E-state index in [9.17, 15) is 37.1 Å². The number of rotatable bonds is 10. The van der Waals surface area contributed by atoms with Gasteiger partial charge in [0.15, 0.2) is 0 Å². The number of carboxylic acid groups (broad SMARTS) is 1. The number of nitrogens with one attached hydrogen (secondary N) is 4. The van der Waals surface area contributed by atoms with E-state index >= 15 is 0 Å². The average Bonchev–Trinajstić information content (AvgIpc) is 3.31. The van der Waals surface area contributed by atoms with E-state index in [0.29, 0.717) is 35.0 Å². The summed E-state index contributed by atoms with van der Waals surface area (Å²) < 4.78 is 31.7. The van der Waals surface area contributed by atoms with Crippen molar-refractivity contribution in [2.24, 2.45) is 5.73 Å². The number of carboxylic acids is 1. The van der Waals surface area contributed by atoms with Gasteiger partial charge in [0.2, 0.25) is 17.7 Å². The van der Waals surface area contributed by atoms with Gasteiger partial charge in [-0.2, -0.15) is 13.2 Å². The van der Waals surface area contributed by atoms with Gasteiger partial charge in [0.25, 0.3) is 5.91 Å². The number of fused-ring (bicyclic) bond motifs is 1. The highest BCUT2D eigenvalue weighted by atomic mass is 35.5. The van der Waals surface area contributed by atoms with Crippen LogP contribution in [-0.4, -0.2) is 75.5 Å². The van der Waals surface area contributed by atoms with Gasteiger partial charge in [-0.1, -0.05) is 29.8 Å². The number of hydrogen-bond donors (Lipinski definition) is 6. The summed E-state index contributed by atoms with van der Waals surface area (Å²) >= 11 is 7.96. The second-order valence-electron chi connectivity index (χ2n) is 10.4. The van der Waals surface area contributed by atoms with Crippen molar-refractivity contribution in [3.63, 3.8) is 0 Å². The van der Waals surface area contributed by atoms with Crippen LogP contribution in [-0.2, 0) is 38.7 Å². The lowest BCUT2D eigenvalue weighted by molar-refractivity contribution is -0.192. The molecule has 2 aromatic carbocycles. The van der Waals surface area contributed by atoms with Gasteiger partial charge in [0.05, 0.1) is 11.9 Å². The lowest BCUT2D eigenvalue weighted by Gasteiger charge is -2.29. The van der Waals surface area contributed by atoms with Gasteiger partial charge in [-0.25, -0.2) is 9.59 Å². The maximum Gasteiger partial charge on any atom is 0.490 e. The number of halogens is 4. The van der Waals surface area contributed by atoms with Crippen molar-refractivity contribution in [2.45, 2.75) is 57.5 Å². The fourth-order valence-corrected chi connectivity index (χ4v) is 5.49. The van der Waals surface area contributed by atoms with Crippen molar-refractivity contribution in [3.05, 3.63) is 63.7 Å². The number of nitrogens with zero attached hydrogens (tertiary/aromatic N) is 1. The smallest absolute Gasteiger partial charge is 0.475 e. The number of nitrogens with two attached hydrogens (primary N) is 1. The number of urea groups is 1. The number of carbonyl (C=O) groups is 6. The standard InChI is InChI=1S/C27H31ClN6O5S.C2HF3O2/c1-15(29)24(36)31-14-40-9-8-17-3-4-19(11-21(17)28)32-27(39)30-12-16-2-5-20-18(10-16)13-34(26(20)38)22-6-7-23(35)33-25(22)37;3-2(4,5)1(6)7/h2-5,10-11,15,22H,6-9,12-14,29H2,1H3,(H,31,36)(H2,30,32,39)(H,33,35,37);(H,6,7)/t15-,22?;/m0./s1. The van der Waals surface area contributed by atoms with Crippen LogP contribution in [0, 0.1) is 0 Å². The second kappa shape index (κ2) is 16.5. The van der Waals surface area contributed by atoms with Crippen molar-refractivity contribution in [3.8, 4) is 0 Å². The number of amides is 6. The zero-order valence-electron chi connectivity index (χ0n) is 24.9. The largest absolute Gasteiger partial charge is 0.490 e. The van der Waals surface area contributed by atoms with Crippen molar-refractivity contribution in [1.82, 2.24) is 20.9 Å². The van der Waals surface area contributed by atoms with Gasteiger partial charge < -0.3 is 31.7 Å². The summed E-state index contributed by atoms with van der Waals surface area (Å²) in [6.07, 6.45) is -3.88. The average molecular weight is 701 g/mol. The van der Waals surface area contributed by atoms with Crippen molar-refractivity contribution >= 4 is 64.7 Å². The third-order valence-corrected chi connectivity index (χ3v) is 8.07. The summed E-state index contributed by atoms with van der Waals surface area (Å²) in [4.78, 5) is 70.9. The van der Waals surface area contributed by atoms with Crippen LogP contribution in [0.1, 0.15) is 46.8 Å². The molecule has 6 amide bonds. The van der Waals surface area contributed by atoms with E-state index in [1.165, 1.54) is 4.90 Å². The third kappa shape index (κ3) is 10.9. The minimum atomic E-state index is -5.08. The lowest BCUT2D eigenvalue weighted by atomic mass is 10.0. The zero-order chi connectivity index (χ0) is 34.9. The Bertz CT molecular complexity index is 1540. The van der Waals surface area contributed by atoms with Crippen molar-refractivity contribution < 1.29 is 47.0 Å². The van der Waals surface area contributed by atoms with E-state index in [1.54, 1.807) is 43.0 Å². The Labute approximate surface area is 276 Å². The fourth-order valence-electron chi connectivity index (χ4n) is 4.46. The second-order valence-corrected chi connectivity index (χ2v) is 12.0. The van der Waals surface area contributed by atoms with E-state index in [2.05, 4.69) is 21.3 Å². The van der Waals surface area contributed by atoms with Crippen molar-refractivity contribution in [1.29, 1.82) is 0 Å². The molecular weight excluding hydrogens is 669 g/mol. The number of aliphatic carboxylic acids is 1. The molecule has 0 aliphatic carbocycles. The van der Waals surface area contributed by atoms with Crippen LogP contribution in [0.5, 0.6) is 0 Å². The molecule has 1 fully saturated rings. The monoisotopic (exact) mass is 700 g/mol. The first-order valence-electron chi connectivity index (χ1n) is 14.1. The summed E-state index contributed by atoms with van der Waals surface area (Å²) in [6, 6.07) is 8.98. The number of benzene rings is 2. The molecule has 2 aromatic rings. The van der Waals surface area contributed by atoms with Crippen LogP contribution >= 0.6 is 23.4 Å². The molecule has 1 saturated heterocycles. The number of imide groups is 1. The molecule has 2 atom stereocenters. The van der Waals surface area contributed by atoms with E-state index < -0.39 is 36.2 Å². The number of carbonyl (C=O) groups excluding carboxylic acids is 5. The first-order chi connectivity index (χ1) is 22.1. The molecular formula is C29H32ClF3N6O7S. The number of alkyl halides is 3. The first kappa shape index (κ1) is 37.1. The molecule has 0 saturated carbocycles. The molecule has 0 spiro atoms. The minimum Gasteiger partial charge on any atom is -0.475 e. The summed E-state index contributed by atoms with van der Waals surface area (Å²) in [6.45, 7) is 2.13. The van der Waals surface area contributed by atoms with Gasteiger partial charge in [0.1, 0.15) is 6.04 Å². The molecule has 2 aliphatic heterocycles. The molecule has 18 heteroatoms. The van der Waals surface area contributed by atoms with E-state index in [1.807, 2.05) is 12.1 Å². The summed E-state index contributed by atoms with van der Waals surface area (Å²) in [7, 11) is 0. The summed E-state index contributed by atoms with van der Waals surface area (Å²) in [5.41, 5.74) is 9.07. The number of piperidine rings is 1. The number of thioether (sulfide) groups is 1. The van der Waals surface area contributed by atoms with Gasteiger partial charge in [0, 0.05) is 35.8 Å². The fraction of sp³-hybridized carbons (Fsp3) is 0.379. The Morgan fingerprint density at radius 2 is 1.85 bits per heavy atom. The van der Waals surface area contributed by atoms with E-state index in [-0.39, 0.29) is 37.2 Å². The van der Waals surface area contributed by atoms with Crippen LogP contribution in [0.15, 0.2) is 36.4 Å². The number of aryl methyl sites for hydroxylation is 1. The molecule has 4 rings (SSSR count). The topological polar surface area (TPSA) is 200 Å². The summed E-state index contributed by atoms with van der Waals surface area (Å²) in [5, 5.41) is 18.2. The quantitative estimate of drug-likeness (QED) is 0.123. The first-order valence-corrected chi connectivity index (χ1v) is 15.6. The molecule has 0 radical (unpaired) electrons. The zero-order valence-corrected chi connectivity index (χ0v) is 26.5. The lowest BCUT2D eigenvalue weighted by Crippen LogP contribution is -2.52. The van der Waals surface area contributed by atoms with Crippen LogP contribution < -0.4 is 27.0 Å². The third-order valence-electron chi connectivity index (χ3n) is 6.87. The molecule has 0 bridgehead atoms. The number of anilines is 1. The van der Waals surface area contributed by atoms with E-state index in [0.717, 1.165) is 22.4 Å². The Kier molecular flexibility index (Phi) is 13.0.